The van der Waals surface area contributed by atoms with Crippen molar-refractivity contribution in [3.05, 3.63) is 71.0 Å². The summed E-state index contributed by atoms with van der Waals surface area (Å²) < 4.78 is 29.6. The van der Waals surface area contributed by atoms with Crippen LogP contribution in [0.15, 0.2) is 48.5 Å². The van der Waals surface area contributed by atoms with E-state index in [-0.39, 0.29) is 43.1 Å². The van der Waals surface area contributed by atoms with Crippen molar-refractivity contribution in [2.75, 3.05) is 32.9 Å². The zero-order valence-electron chi connectivity index (χ0n) is 22.5. The second-order valence-electron chi connectivity index (χ2n) is 11.1. The number of esters is 1. The highest BCUT2D eigenvalue weighted by molar-refractivity contribution is 5.93. The number of piperidine rings is 1. The van der Waals surface area contributed by atoms with E-state index in [1.165, 1.54) is 12.1 Å². The van der Waals surface area contributed by atoms with Crippen LogP contribution in [0.1, 0.15) is 56.7 Å². The Morgan fingerprint density at radius 3 is 2.26 bits per heavy atom. The number of Topliss-reactive ketones (excluding diaryl/α,β-unsaturated/α-hetero) is 1. The SMILES string of the molecule is CCOC(=O)C1CN(C(=O)OC(C)(C)C)CCC1c1ccc(C2(C(=O)Cc3ccc(F)cc3)COC2)cc1. The predicted octanol–water partition coefficient (Wildman–Crippen LogP) is 4.81. The van der Waals surface area contributed by atoms with Gasteiger partial charge in [0.15, 0.2) is 5.78 Å². The molecular weight excluding hydrogens is 489 g/mol. The lowest BCUT2D eigenvalue weighted by atomic mass is 9.72. The van der Waals surface area contributed by atoms with Crippen molar-refractivity contribution in [1.82, 2.24) is 4.90 Å². The summed E-state index contributed by atoms with van der Waals surface area (Å²) in [5, 5.41) is 0. The van der Waals surface area contributed by atoms with Gasteiger partial charge in [-0.3, -0.25) is 9.59 Å². The van der Waals surface area contributed by atoms with Crippen LogP contribution >= 0.6 is 0 Å². The van der Waals surface area contributed by atoms with E-state index in [4.69, 9.17) is 14.2 Å². The summed E-state index contributed by atoms with van der Waals surface area (Å²) in [6.07, 6.45) is 0.339. The molecule has 2 aromatic carbocycles. The maximum Gasteiger partial charge on any atom is 0.410 e. The largest absolute Gasteiger partial charge is 0.466 e. The van der Waals surface area contributed by atoms with Gasteiger partial charge in [0.25, 0.3) is 0 Å². The molecule has 2 aromatic rings. The van der Waals surface area contributed by atoms with E-state index in [1.54, 1.807) is 24.0 Å². The zero-order chi connectivity index (χ0) is 27.5. The van der Waals surface area contributed by atoms with E-state index < -0.39 is 23.0 Å². The zero-order valence-corrected chi connectivity index (χ0v) is 22.5. The van der Waals surface area contributed by atoms with E-state index >= 15 is 0 Å². The van der Waals surface area contributed by atoms with Crippen molar-refractivity contribution < 1.29 is 33.0 Å². The Morgan fingerprint density at radius 2 is 1.71 bits per heavy atom. The molecule has 0 spiro atoms. The summed E-state index contributed by atoms with van der Waals surface area (Å²) in [5.41, 5.74) is 1.20. The first kappa shape index (κ1) is 27.8. The fraction of sp³-hybridized carbons (Fsp3) is 0.500. The molecule has 2 aliphatic rings. The molecule has 204 valence electrons. The molecule has 0 aliphatic carbocycles. The Hall–Kier alpha value is -3.26. The minimum atomic E-state index is -0.743. The van der Waals surface area contributed by atoms with Gasteiger partial charge in [-0.1, -0.05) is 36.4 Å². The third-order valence-corrected chi connectivity index (χ3v) is 7.25. The molecule has 2 heterocycles. The summed E-state index contributed by atoms with van der Waals surface area (Å²) in [7, 11) is 0. The van der Waals surface area contributed by atoms with Crippen LogP contribution in [-0.4, -0.2) is 61.3 Å². The number of nitrogens with zero attached hydrogens (tertiary/aromatic N) is 1. The number of benzene rings is 2. The van der Waals surface area contributed by atoms with Crippen LogP contribution in [-0.2, 0) is 35.6 Å². The van der Waals surface area contributed by atoms with Gasteiger partial charge in [0.1, 0.15) is 16.8 Å². The fourth-order valence-electron chi connectivity index (χ4n) is 5.13. The maximum absolute atomic E-state index is 13.3. The number of hydrogen-bond donors (Lipinski definition) is 0. The van der Waals surface area contributed by atoms with Gasteiger partial charge in [-0.15, -0.1) is 0 Å². The molecule has 2 saturated heterocycles. The van der Waals surface area contributed by atoms with E-state index in [1.807, 2.05) is 45.0 Å². The second kappa shape index (κ2) is 11.2. The van der Waals surface area contributed by atoms with Crippen molar-refractivity contribution in [3.63, 3.8) is 0 Å². The number of likely N-dealkylation sites (tertiary alicyclic amines) is 1. The monoisotopic (exact) mass is 525 g/mol. The Kier molecular flexibility index (Phi) is 8.21. The lowest BCUT2D eigenvalue weighted by Gasteiger charge is -2.41. The van der Waals surface area contributed by atoms with Gasteiger partial charge in [0, 0.05) is 25.4 Å². The topological polar surface area (TPSA) is 82.1 Å². The van der Waals surface area contributed by atoms with E-state index in [2.05, 4.69) is 0 Å². The highest BCUT2D eigenvalue weighted by Gasteiger charge is 2.47. The van der Waals surface area contributed by atoms with Crippen LogP contribution in [0.3, 0.4) is 0 Å². The summed E-state index contributed by atoms with van der Waals surface area (Å²) in [5.74, 6) is -1.31. The van der Waals surface area contributed by atoms with Crippen molar-refractivity contribution in [2.24, 2.45) is 5.92 Å². The molecule has 0 N–H and O–H groups in total. The average molecular weight is 526 g/mol. The Morgan fingerprint density at radius 1 is 1.05 bits per heavy atom. The Bertz CT molecular complexity index is 1150. The molecule has 2 aliphatic heterocycles. The summed E-state index contributed by atoms with van der Waals surface area (Å²) in [4.78, 5) is 40.5. The second-order valence-corrected chi connectivity index (χ2v) is 11.1. The van der Waals surface area contributed by atoms with E-state index in [9.17, 15) is 18.8 Å². The molecule has 0 bridgehead atoms. The molecule has 7 nitrogen and oxygen atoms in total. The van der Waals surface area contributed by atoms with Gasteiger partial charge < -0.3 is 19.1 Å². The number of carbonyl (C=O) groups is 3. The number of amides is 1. The molecule has 1 amide bonds. The smallest absolute Gasteiger partial charge is 0.410 e. The fourth-order valence-corrected chi connectivity index (χ4v) is 5.13. The molecule has 2 fully saturated rings. The normalized spacial score (nSPS) is 20.8. The van der Waals surface area contributed by atoms with Gasteiger partial charge in [-0.2, -0.15) is 0 Å². The van der Waals surface area contributed by atoms with Gasteiger partial charge in [0.05, 0.1) is 25.7 Å². The maximum atomic E-state index is 13.3. The van der Waals surface area contributed by atoms with E-state index in [0.29, 0.717) is 26.2 Å². The number of rotatable bonds is 7. The third kappa shape index (κ3) is 6.07. The quantitative estimate of drug-likeness (QED) is 0.483. The Labute approximate surface area is 223 Å². The van der Waals surface area contributed by atoms with Gasteiger partial charge in [0.2, 0.25) is 0 Å². The lowest BCUT2D eigenvalue weighted by Crippen LogP contribution is -2.53. The molecule has 2 atom stereocenters. The molecule has 0 saturated carbocycles. The number of ketones is 1. The number of hydrogen-bond acceptors (Lipinski definition) is 6. The standard InChI is InChI=1S/C30H36FNO6/c1-5-37-27(34)25-17-32(28(35)38-29(2,3)4)15-14-24(25)21-8-10-22(11-9-21)30(18-36-19-30)26(33)16-20-6-12-23(31)13-7-20/h6-13,24-25H,5,14-19H2,1-4H3. The van der Waals surface area contributed by atoms with Crippen molar-refractivity contribution in [1.29, 1.82) is 0 Å². The summed E-state index contributed by atoms with van der Waals surface area (Å²) in [6.45, 7) is 8.73. The third-order valence-electron chi connectivity index (χ3n) is 7.25. The molecule has 0 aromatic heterocycles. The lowest BCUT2D eigenvalue weighted by molar-refractivity contribution is -0.150. The molecule has 0 radical (unpaired) electrons. The highest BCUT2D eigenvalue weighted by Crippen LogP contribution is 2.38. The van der Waals surface area contributed by atoms with E-state index in [0.717, 1.165) is 16.7 Å². The molecule has 2 unspecified atom stereocenters. The van der Waals surface area contributed by atoms with Crippen LogP contribution < -0.4 is 0 Å². The van der Waals surface area contributed by atoms with Crippen LogP contribution in [0.2, 0.25) is 0 Å². The van der Waals surface area contributed by atoms with Crippen molar-refractivity contribution >= 4 is 17.8 Å². The first-order valence-electron chi connectivity index (χ1n) is 13.1. The molecule has 8 heteroatoms. The molecule has 4 rings (SSSR count). The summed E-state index contributed by atoms with van der Waals surface area (Å²) in [6, 6.07) is 13.8. The van der Waals surface area contributed by atoms with Gasteiger partial charge >= 0.3 is 12.1 Å². The summed E-state index contributed by atoms with van der Waals surface area (Å²) >= 11 is 0. The van der Waals surface area contributed by atoms with Crippen LogP contribution in [0, 0.1) is 11.7 Å². The van der Waals surface area contributed by atoms with Crippen molar-refractivity contribution in [2.45, 2.75) is 57.5 Å². The van der Waals surface area contributed by atoms with Gasteiger partial charge in [-0.05, 0) is 62.9 Å². The first-order chi connectivity index (χ1) is 18.0. The minimum Gasteiger partial charge on any atom is -0.466 e. The number of halogens is 1. The van der Waals surface area contributed by atoms with Gasteiger partial charge in [-0.25, -0.2) is 9.18 Å². The Balaban J connectivity index is 1.51. The van der Waals surface area contributed by atoms with Crippen LogP contribution in [0.4, 0.5) is 9.18 Å². The van der Waals surface area contributed by atoms with Crippen molar-refractivity contribution in [3.8, 4) is 0 Å². The number of ether oxygens (including phenoxy) is 3. The first-order valence-corrected chi connectivity index (χ1v) is 13.1. The van der Waals surface area contributed by atoms with Crippen LogP contribution in [0.5, 0.6) is 0 Å². The minimum absolute atomic E-state index is 0.0261. The number of carbonyl (C=O) groups excluding carboxylic acids is 3. The molecule has 38 heavy (non-hydrogen) atoms. The molecular formula is C30H36FNO6. The predicted molar refractivity (Wildman–Crippen MR) is 139 cm³/mol. The average Bonchev–Trinajstić information content (AvgIpc) is 2.84. The highest BCUT2D eigenvalue weighted by atomic mass is 19.1. The van der Waals surface area contributed by atoms with Crippen LogP contribution in [0.25, 0.3) is 0 Å².